The van der Waals surface area contributed by atoms with Crippen LogP contribution in [-0.4, -0.2) is 38.1 Å². The van der Waals surface area contributed by atoms with E-state index in [4.69, 9.17) is 9.16 Å². The van der Waals surface area contributed by atoms with Crippen LogP contribution in [0.2, 0.25) is 18.1 Å². The predicted molar refractivity (Wildman–Crippen MR) is 104 cm³/mol. The van der Waals surface area contributed by atoms with Crippen LogP contribution < -0.4 is 10.1 Å². The number of hydrogen-bond donors (Lipinski definition) is 1. The van der Waals surface area contributed by atoms with Crippen LogP contribution in [0.3, 0.4) is 0 Å². The van der Waals surface area contributed by atoms with Gasteiger partial charge in [-0.3, -0.25) is 10.1 Å². The molecule has 0 radical (unpaired) electrons. The zero-order chi connectivity index (χ0) is 18.7. The van der Waals surface area contributed by atoms with Gasteiger partial charge in [0.15, 0.2) is 8.32 Å². The third-order valence-corrected chi connectivity index (χ3v) is 9.74. The molecule has 1 aromatic carbocycles. The van der Waals surface area contributed by atoms with E-state index in [0.29, 0.717) is 5.13 Å². The van der Waals surface area contributed by atoms with Crippen molar-refractivity contribution in [2.75, 3.05) is 19.0 Å². The van der Waals surface area contributed by atoms with Crippen LogP contribution in [0.5, 0.6) is 5.75 Å². The number of hydrogen-bond acceptors (Lipinski definition) is 6. The van der Waals surface area contributed by atoms with Crippen molar-refractivity contribution in [3.63, 3.8) is 0 Å². The summed E-state index contributed by atoms with van der Waals surface area (Å²) in [4.78, 5) is 12.1. The summed E-state index contributed by atoms with van der Waals surface area (Å²) in [6.07, 6.45) is 0. The zero-order valence-electron chi connectivity index (χ0n) is 15.5. The van der Waals surface area contributed by atoms with E-state index < -0.39 is 8.32 Å². The highest BCUT2D eigenvalue weighted by Gasteiger charge is 2.37. The summed E-state index contributed by atoms with van der Waals surface area (Å²) in [6.45, 7) is 10.7. The molecule has 0 atom stereocenters. The minimum Gasteiger partial charge on any atom is -0.497 e. The molecule has 0 unspecified atom stereocenters. The average molecular weight is 380 g/mol. The lowest BCUT2D eigenvalue weighted by Crippen LogP contribution is -2.42. The molecule has 0 aliphatic heterocycles. The van der Waals surface area contributed by atoms with Gasteiger partial charge in [0.05, 0.1) is 7.11 Å². The minimum absolute atomic E-state index is 0.0357. The number of amides is 1. The van der Waals surface area contributed by atoms with Crippen molar-refractivity contribution in [1.29, 1.82) is 0 Å². The van der Waals surface area contributed by atoms with E-state index >= 15 is 0 Å². The number of nitrogens with one attached hydrogen (secondary N) is 1. The first kappa shape index (κ1) is 19.6. The van der Waals surface area contributed by atoms with E-state index in [1.807, 2.05) is 24.3 Å². The van der Waals surface area contributed by atoms with Gasteiger partial charge < -0.3 is 9.16 Å². The summed E-state index contributed by atoms with van der Waals surface area (Å²) >= 11 is 1.33. The normalized spacial score (nSPS) is 12.1. The quantitative estimate of drug-likeness (QED) is 0.763. The van der Waals surface area contributed by atoms with Crippen molar-refractivity contribution in [3.8, 4) is 16.3 Å². The molecule has 0 aliphatic rings. The predicted octanol–water partition coefficient (Wildman–Crippen LogP) is 4.17. The third-order valence-electron chi connectivity index (χ3n) is 4.38. The Labute approximate surface area is 153 Å². The maximum Gasteiger partial charge on any atom is 0.250 e. The van der Waals surface area contributed by atoms with Gasteiger partial charge in [0, 0.05) is 5.56 Å². The molecule has 2 aromatic rings. The Morgan fingerprint density at radius 3 is 2.40 bits per heavy atom. The smallest absolute Gasteiger partial charge is 0.250 e. The first-order chi connectivity index (χ1) is 11.6. The van der Waals surface area contributed by atoms with Gasteiger partial charge in [-0.25, -0.2) is 0 Å². The zero-order valence-corrected chi connectivity index (χ0v) is 17.4. The Morgan fingerprint density at radius 1 is 1.20 bits per heavy atom. The fourth-order valence-corrected chi connectivity index (χ4v) is 3.43. The number of ether oxygens (including phenoxy) is 1. The largest absolute Gasteiger partial charge is 0.497 e. The van der Waals surface area contributed by atoms with Gasteiger partial charge in [-0.1, -0.05) is 32.1 Å². The number of benzene rings is 1. The van der Waals surface area contributed by atoms with Crippen LogP contribution >= 0.6 is 11.3 Å². The van der Waals surface area contributed by atoms with Crippen LogP contribution in [0, 0.1) is 0 Å². The van der Waals surface area contributed by atoms with E-state index in [2.05, 4.69) is 49.4 Å². The van der Waals surface area contributed by atoms with Gasteiger partial charge in [0.2, 0.25) is 5.13 Å². The molecule has 1 heterocycles. The topological polar surface area (TPSA) is 73.3 Å². The molecule has 0 aliphatic carbocycles. The number of methoxy groups -OCH3 is 1. The van der Waals surface area contributed by atoms with Crippen molar-refractivity contribution >= 4 is 30.7 Å². The van der Waals surface area contributed by atoms with E-state index in [1.54, 1.807) is 7.11 Å². The Balaban J connectivity index is 1.95. The van der Waals surface area contributed by atoms with Crippen LogP contribution in [-0.2, 0) is 9.22 Å². The second kappa shape index (κ2) is 7.63. The molecule has 1 N–H and O–H groups in total. The lowest BCUT2D eigenvalue weighted by molar-refractivity contribution is -0.118. The Hall–Kier alpha value is -1.77. The number of aromatic nitrogens is 2. The molecule has 25 heavy (non-hydrogen) atoms. The van der Waals surface area contributed by atoms with E-state index in [-0.39, 0.29) is 17.6 Å². The fraction of sp³-hybridized carbons (Fsp3) is 0.471. The summed E-state index contributed by atoms with van der Waals surface area (Å²) in [5.41, 5.74) is 0.927. The van der Waals surface area contributed by atoms with E-state index in [1.165, 1.54) is 11.3 Å². The maximum absolute atomic E-state index is 12.1. The van der Waals surface area contributed by atoms with Crippen molar-refractivity contribution < 1.29 is 14.0 Å². The van der Waals surface area contributed by atoms with Gasteiger partial charge in [-0.2, -0.15) is 0 Å². The van der Waals surface area contributed by atoms with Crippen LogP contribution in [0.1, 0.15) is 20.8 Å². The second-order valence-electron chi connectivity index (χ2n) is 7.24. The third kappa shape index (κ3) is 5.10. The first-order valence-corrected chi connectivity index (χ1v) is 11.8. The van der Waals surface area contributed by atoms with Crippen molar-refractivity contribution in [3.05, 3.63) is 24.3 Å². The van der Waals surface area contributed by atoms with Crippen LogP contribution in [0.15, 0.2) is 24.3 Å². The average Bonchev–Trinajstić information content (AvgIpc) is 3.00. The monoisotopic (exact) mass is 379 g/mol. The van der Waals surface area contributed by atoms with E-state index in [9.17, 15) is 4.79 Å². The summed E-state index contributed by atoms with van der Waals surface area (Å²) in [7, 11) is -0.322. The molecule has 0 spiro atoms. The molecule has 0 fully saturated rings. The Morgan fingerprint density at radius 2 is 1.84 bits per heavy atom. The lowest BCUT2D eigenvalue weighted by atomic mass is 10.2. The highest BCUT2D eigenvalue weighted by atomic mass is 32.1. The SMILES string of the molecule is COc1ccc(-c2nnc(NC(=O)CO[Si](C)(C)C(C)(C)C)s2)cc1. The summed E-state index contributed by atoms with van der Waals surface area (Å²) in [6, 6.07) is 7.54. The number of nitrogens with zero attached hydrogens (tertiary/aromatic N) is 2. The molecular formula is C17H25N3O3SSi. The summed E-state index contributed by atoms with van der Waals surface area (Å²) < 4.78 is 11.1. The molecule has 6 nitrogen and oxygen atoms in total. The van der Waals surface area contributed by atoms with E-state index in [0.717, 1.165) is 16.3 Å². The first-order valence-electron chi connectivity index (χ1n) is 8.04. The van der Waals surface area contributed by atoms with Gasteiger partial charge in [0.1, 0.15) is 17.4 Å². The Bertz CT molecular complexity index is 723. The molecule has 0 saturated heterocycles. The van der Waals surface area contributed by atoms with Crippen molar-refractivity contribution in [1.82, 2.24) is 10.2 Å². The number of anilines is 1. The number of carbonyl (C=O) groups excluding carboxylic acids is 1. The maximum atomic E-state index is 12.1. The standard InChI is InChI=1S/C17H25N3O3SSi/c1-17(2,3)25(5,6)23-11-14(21)18-16-20-19-15(24-16)12-7-9-13(22-4)10-8-12/h7-10H,11H2,1-6H3,(H,18,20,21). The summed E-state index contributed by atoms with van der Waals surface area (Å²) in [5.74, 6) is 0.576. The summed E-state index contributed by atoms with van der Waals surface area (Å²) in [5, 5.41) is 12.2. The van der Waals surface area contributed by atoms with Gasteiger partial charge in [0.25, 0.3) is 5.91 Å². The molecule has 8 heteroatoms. The van der Waals surface area contributed by atoms with Crippen LogP contribution in [0.4, 0.5) is 5.13 Å². The molecule has 136 valence electrons. The van der Waals surface area contributed by atoms with Crippen molar-refractivity contribution in [2.24, 2.45) is 0 Å². The minimum atomic E-state index is -1.95. The van der Waals surface area contributed by atoms with Gasteiger partial charge in [-0.05, 0) is 42.4 Å². The molecule has 1 aromatic heterocycles. The van der Waals surface area contributed by atoms with Crippen molar-refractivity contribution in [2.45, 2.75) is 38.9 Å². The highest BCUT2D eigenvalue weighted by Crippen LogP contribution is 2.36. The molecule has 0 saturated carbocycles. The lowest BCUT2D eigenvalue weighted by Gasteiger charge is -2.35. The molecule has 0 bridgehead atoms. The highest BCUT2D eigenvalue weighted by molar-refractivity contribution is 7.18. The van der Waals surface area contributed by atoms with Crippen LogP contribution in [0.25, 0.3) is 10.6 Å². The number of carbonyl (C=O) groups is 1. The fourth-order valence-electron chi connectivity index (χ4n) is 1.74. The molecular weight excluding hydrogens is 354 g/mol. The molecule has 2 rings (SSSR count). The van der Waals surface area contributed by atoms with Gasteiger partial charge in [-0.15, -0.1) is 10.2 Å². The second-order valence-corrected chi connectivity index (χ2v) is 13.0. The Kier molecular flexibility index (Phi) is 5.97. The van der Waals surface area contributed by atoms with Gasteiger partial charge >= 0.3 is 0 Å². The molecule has 1 amide bonds. The number of rotatable bonds is 6.